The Morgan fingerprint density at radius 3 is 2.50 bits per heavy atom. The van der Waals surface area contributed by atoms with E-state index in [1.54, 1.807) is 0 Å². The summed E-state index contributed by atoms with van der Waals surface area (Å²) in [6.45, 7) is 4.78. The second-order valence-corrected chi connectivity index (χ2v) is 4.13. The molecule has 0 saturated carbocycles. The number of aromatic nitrogens is 2. The zero-order valence-corrected chi connectivity index (χ0v) is 9.72. The molecular formula is C13H17N3. The van der Waals surface area contributed by atoms with Crippen molar-refractivity contribution in [3.05, 3.63) is 53.3 Å². The van der Waals surface area contributed by atoms with Crippen LogP contribution in [0.15, 0.2) is 36.4 Å². The van der Waals surface area contributed by atoms with Gasteiger partial charge in [0, 0.05) is 11.7 Å². The van der Waals surface area contributed by atoms with E-state index in [2.05, 4.69) is 30.2 Å². The monoisotopic (exact) mass is 215 g/mol. The molecule has 0 spiro atoms. The Hall–Kier alpha value is -1.61. The summed E-state index contributed by atoms with van der Waals surface area (Å²) in [5.74, 6) is 0. The highest BCUT2D eigenvalue weighted by Gasteiger charge is 2.08. The van der Waals surface area contributed by atoms with E-state index in [1.807, 2.05) is 29.8 Å². The van der Waals surface area contributed by atoms with Gasteiger partial charge in [0.1, 0.15) is 0 Å². The molecule has 1 aromatic carbocycles. The van der Waals surface area contributed by atoms with Crippen molar-refractivity contribution in [1.29, 1.82) is 0 Å². The largest absolute Gasteiger partial charge is 0.322 e. The van der Waals surface area contributed by atoms with Gasteiger partial charge in [-0.1, -0.05) is 30.3 Å². The van der Waals surface area contributed by atoms with Gasteiger partial charge in [-0.15, -0.1) is 0 Å². The van der Waals surface area contributed by atoms with Gasteiger partial charge >= 0.3 is 0 Å². The molecule has 2 N–H and O–H groups in total. The van der Waals surface area contributed by atoms with Crippen LogP contribution < -0.4 is 5.73 Å². The van der Waals surface area contributed by atoms with Crippen LogP contribution in [0.1, 0.15) is 23.0 Å². The van der Waals surface area contributed by atoms with Gasteiger partial charge in [0.05, 0.1) is 12.2 Å². The third-order valence-electron chi connectivity index (χ3n) is 2.70. The van der Waals surface area contributed by atoms with Crippen molar-refractivity contribution in [2.45, 2.75) is 26.4 Å². The Labute approximate surface area is 95.9 Å². The summed E-state index contributed by atoms with van der Waals surface area (Å²) in [7, 11) is 0. The molecule has 3 heteroatoms. The molecule has 0 saturated heterocycles. The van der Waals surface area contributed by atoms with Gasteiger partial charge in [-0.2, -0.15) is 5.10 Å². The van der Waals surface area contributed by atoms with Gasteiger partial charge in [-0.05, 0) is 25.5 Å². The average Bonchev–Trinajstić information content (AvgIpc) is 2.59. The fraction of sp³-hybridized carbons (Fsp3) is 0.308. The minimum absolute atomic E-state index is 0.000741. The predicted molar refractivity (Wildman–Crippen MR) is 65.1 cm³/mol. The van der Waals surface area contributed by atoms with Gasteiger partial charge in [-0.25, -0.2) is 0 Å². The van der Waals surface area contributed by atoms with E-state index in [0.29, 0.717) is 0 Å². The van der Waals surface area contributed by atoms with Crippen LogP contribution in [0.5, 0.6) is 0 Å². The Morgan fingerprint density at radius 1 is 1.25 bits per heavy atom. The molecule has 3 nitrogen and oxygen atoms in total. The van der Waals surface area contributed by atoms with E-state index < -0.39 is 0 Å². The molecule has 1 heterocycles. The molecule has 0 bridgehead atoms. The third-order valence-corrected chi connectivity index (χ3v) is 2.70. The summed E-state index contributed by atoms with van der Waals surface area (Å²) < 4.78 is 1.97. The molecule has 0 aliphatic heterocycles. The van der Waals surface area contributed by atoms with E-state index in [-0.39, 0.29) is 6.04 Å². The first-order chi connectivity index (χ1) is 7.66. The molecule has 0 aliphatic carbocycles. The lowest BCUT2D eigenvalue weighted by atomic mass is 10.1. The third kappa shape index (κ3) is 2.31. The van der Waals surface area contributed by atoms with Gasteiger partial charge in [0.2, 0.25) is 0 Å². The second-order valence-electron chi connectivity index (χ2n) is 4.13. The Kier molecular flexibility index (Phi) is 3.06. The highest BCUT2D eigenvalue weighted by atomic mass is 15.3. The van der Waals surface area contributed by atoms with E-state index in [4.69, 9.17) is 5.73 Å². The lowest BCUT2D eigenvalue weighted by molar-refractivity contribution is 0.515. The van der Waals surface area contributed by atoms with Crippen molar-refractivity contribution < 1.29 is 0 Å². The van der Waals surface area contributed by atoms with Gasteiger partial charge in [0.15, 0.2) is 0 Å². The SMILES string of the molecule is Cc1cc(C)n(CC(N)c2ccccc2)n1. The second kappa shape index (κ2) is 4.49. The summed E-state index contributed by atoms with van der Waals surface area (Å²) in [5, 5.41) is 4.41. The lowest BCUT2D eigenvalue weighted by Gasteiger charge is -2.13. The van der Waals surface area contributed by atoms with Crippen molar-refractivity contribution in [2.24, 2.45) is 5.73 Å². The summed E-state index contributed by atoms with van der Waals surface area (Å²) in [6.07, 6.45) is 0. The van der Waals surface area contributed by atoms with Crippen LogP contribution in [0, 0.1) is 13.8 Å². The molecule has 0 aliphatic rings. The molecule has 2 rings (SSSR count). The lowest BCUT2D eigenvalue weighted by Crippen LogP contribution is -2.19. The van der Waals surface area contributed by atoms with E-state index in [0.717, 1.165) is 23.5 Å². The van der Waals surface area contributed by atoms with Crippen LogP contribution in [0.4, 0.5) is 0 Å². The maximum Gasteiger partial charge on any atom is 0.0605 e. The average molecular weight is 215 g/mol. The van der Waals surface area contributed by atoms with Crippen molar-refractivity contribution in [1.82, 2.24) is 9.78 Å². The summed E-state index contributed by atoms with van der Waals surface area (Å²) in [5.41, 5.74) is 9.49. The molecule has 2 aromatic rings. The van der Waals surface area contributed by atoms with Crippen LogP contribution in [0.2, 0.25) is 0 Å². The number of aryl methyl sites for hydroxylation is 2. The van der Waals surface area contributed by atoms with Crippen LogP contribution in [-0.4, -0.2) is 9.78 Å². The zero-order chi connectivity index (χ0) is 11.5. The number of nitrogens with zero attached hydrogens (tertiary/aromatic N) is 2. The maximum absolute atomic E-state index is 6.14. The topological polar surface area (TPSA) is 43.8 Å². The summed E-state index contributed by atoms with van der Waals surface area (Å²) in [4.78, 5) is 0. The number of nitrogens with two attached hydrogens (primary N) is 1. The smallest absolute Gasteiger partial charge is 0.0605 e. The quantitative estimate of drug-likeness (QED) is 0.853. The molecule has 0 amide bonds. The zero-order valence-electron chi connectivity index (χ0n) is 9.72. The first kappa shape index (κ1) is 10.9. The minimum Gasteiger partial charge on any atom is -0.322 e. The van der Waals surface area contributed by atoms with Crippen molar-refractivity contribution in [3.63, 3.8) is 0 Å². The molecule has 84 valence electrons. The standard InChI is InChI=1S/C13H17N3/c1-10-8-11(2)16(15-10)9-13(14)12-6-4-3-5-7-12/h3-8,13H,9,14H2,1-2H3. The fourth-order valence-corrected chi connectivity index (χ4v) is 1.85. The van der Waals surface area contributed by atoms with Crippen LogP contribution in [0.3, 0.4) is 0 Å². The molecular weight excluding hydrogens is 198 g/mol. The van der Waals surface area contributed by atoms with Crippen molar-refractivity contribution in [3.8, 4) is 0 Å². The first-order valence-corrected chi connectivity index (χ1v) is 5.48. The van der Waals surface area contributed by atoms with Crippen LogP contribution in [-0.2, 0) is 6.54 Å². The van der Waals surface area contributed by atoms with Crippen molar-refractivity contribution >= 4 is 0 Å². The number of hydrogen-bond acceptors (Lipinski definition) is 2. The number of hydrogen-bond donors (Lipinski definition) is 1. The molecule has 0 radical (unpaired) electrons. The van der Waals surface area contributed by atoms with Crippen molar-refractivity contribution in [2.75, 3.05) is 0 Å². The van der Waals surface area contributed by atoms with Gasteiger partial charge < -0.3 is 5.73 Å². The van der Waals surface area contributed by atoms with Gasteiger partial charge in [0.25, 0.3) is 0 Å². The normalized spacial score (nSPS) is 12.7. The predicted octanol–water partition coefficient (Wildman–Crippen LogP) is 2.20. The van der Waals surface area contributed by atoms with E-state index in [1.165, 1.54) is 0 Å². The van der Waals surface area contributed by atoms with E-state index >= 15 is 0 Å². The van der Waals surface area contributed by atoms with Crippen LogP contribution in [0.25, 0.3) is 0 Å². The Balaban J connectivity index is 2.14. The Bertz CT molecular complexity index is 459. The minimum atomic E-state index is -0.000741. The Morgan fingerprint density at radius 2 is 1.94 bits per heavy atom. The number of benzene rings is 1. The molecule has 1 atom stereocenters. The first-order valence-electron chi connectivity index (χ1n) is 5.48. The molecule has 1 aromatic heterocycles. The van der Waals surface area contributed by atoms with E-state index in [9.17, 15) is 0 Å². The summed E-state index contributed by atoms with van der Waals surface area (Å²) >= 11 is 0. The fourth-order valence-electron chi connectivity index (χ4n) is 1.85. The molecule has 16 heavy (non-hydrogen) atoms. The highest BCUT2D eigenvalue weighted by molar-refractivity contribution is 5.18. The molecule has 0 fully saturated rings. The van der Waals surface area contributed by atoms with Crippen LogP contribution >= 0.6 is 0 Å². The highest BCUT2D eigenvalue weighted by Crippen LogP contribution is 2.13. The van der Waals surface area contributed by atoms with Gasteiger partial charge in [-0.3, -0.25) is 4.68 Å². The summed E-state index contributed by atoms with van der Waals surface area (Å²) in [6, 6.07) is 12.2. The maximum atomic E-state index is 6.14. The number of rotatable bonds is 3. The molecule has 1 unspecified atom stereocenters.